The fourth-order valence-electron chi connectivity index (χ4n) is 1.71. The fraction of sp³-hybridized carbons (Fsp3) is 0.182. The van der Waals surface area contributed by atoms with Gasteiger partial charge in [-0.25, -0.2) is 4.79 Å². The minimum Gasteiger partial charge on any atom is -0.380 e. The smallest absolute Gasteiger partial charge is 0.351 e. The van der Waals surface area contributed by atoms with Gasteiger partial charge >= 0.3 is 5.97 Å². The standard InChI is InChI=1S/C11H10BrNO2/c1-2-13-7-9(11(14)15-12)8-5-3-4-6-10(8)13/h3-7H,2H2,1H3. The van der Waals surface area contributed by atoms with Crippen LogP contribution >= 0.6 is 16.3 Å². The van der Waals surface area contributed by atoms with E-state index in [4.69, 9.17) is 0 Å². The predicted octanol–water partition coefficient (Wildman–Crippen LogP) is 3.13. The maximum Gasteiger partial charge on any atom is 0.351 e. The number of fused-ring (bicyclic) bond motifs is 1. The molecule has 0 aliphatic heterocycles. The minimum atomic E-state index is -0.363. The van der Waals surface area contributed by atoms with Crippen LogP contribution in [0.5, 0.6) is 0 Å². The molecule has 0 aliphatic carbocycles. The summed E-state index contributed by atoms with van der Waals surface area (Å²) >= 11 is 2.71. The summed E-state index contributed by atoms with van der Waals surface area (Å²) in [5, 5.41) is 0.920. The highest BCUT2D eigenvalue weighted by Crippen LogP contribution is 2.22. The third kappa shape index (κ3) is 1.65. The number of hydrogen-bond donors (Lipinski definition) is 0. The monoisotopic (exact) mass is 267 g/mol. The largest absolute Gasteiger partial charge is 0.380 e. The zero-order valence-corrected chi connectivity index (χ0v) is 9.82. The average Bonchev–Trinajstić information content (AvgIpc) is 2.67. The molecule has 2 rings (SSSR count). The van der Waals surface area contributed by atoms with E-state index in [9.17, 15) is 4.79 Å². The molecule has 0 amide bonds. The van der Waals surface area contributed by atoms with Crippen molar-refractivity contribution in [2.75, 3.05) is 0 Å². The second kappa shape index (κ2) is 4.06. The Morgan fingerprint density at radius 1 is 1.47 bits per heavy atom. The van der Waals surface area contributed by atoms with Crippen LogP contribution < -0.4 is 0 Å². The Kier molecular flexibility index (Phi) is 2.77. The molecule has 2 aromatic rings. The zero-order valence-electron chi connectivity index (χ0n) is 8.24. The molecular weight excluding hydrogens is 258 g/mol. The molecule has 0 radical (unpaired) electrons. The van der Waals surface area contributed by atoms with E-state index in [1.807, 2.05) is 42.0 Å². The third-order valence-corrected chi connectivity index (χ3v) is 2.71. The third-order valence-electron chi connectivity index (χ3n) is 2.42. The fourth-order valence-corrected chi connectivity index (χ4v) is 1.89. The van der Waals surface area contributed by atoms with Crippen molar-refractivity contribution < 1.29 is 8.62 Å². The molecule has 15 heavy (non-hydrogen) atoms. The number of nitrogens with zero attached hydrogens (tertiary/aromatic N) is 1. The van der Waals surface area contributed by atoms with Crippen molar-refractivity contribution in [1.29, 1.82) is 0 Å². The van der Waals surface area contributed by atoms with Crippen LogP contribution in [0.4, 0.5) is 0 Å². The normalized spacial score (nSPS) is 10.5. The van der Waals surface area contributed by atoms with Crippen molar-refractivity contribution in [2.24, 2.45) is 0 Å². The summed E-state index contributed by atoms with van der Waals surface area (Å²) < 4.78 is 6.58. The Morgan fingerprint density at radius 2 is 2.20 bits per heavy atom. The summed E-state index contributed by atoms with van der Waals surface area (Å²) in [5.41, 5.74) is 1.64. The first-order chi connectivity index (χ1) is 7.27. The summed E-state index contributed by atoms with van der Waals surface area (Å²) in [6.07, 6.45) is 1.81. The highest BCUT2D eigenvalue weighted by Gasteiger charge is 2.14. The van der Waals surface area contributed by atoms with Gasteiger partial charge in [0, 0.05) is 23.6 Å². The zero-order chi connectivity index (χ0) is 10.8. The highest BCUT2D eigenvalue weighted by atomic mass is 79.9. The summed E-state index contributed by atoms with van der Waals surface area (Å²) in [4.78, 5) is 11.5. The second-order valence-corrected chi connectivity index (χ2v) is 3.53. The van der Waals surface area contributed by atoms with Crippen molar-refractivity contribution in [3.8, 4) is 0 Å². The van der Waals surface area contributed by atoms with Gasteiger partial charge in [-0.05, 0) is 13.0 Å². The van der Waals surface area contributed by atoms with E-state index in [2.05, 4.69) is 20.1 Å². The molecule has 0 N–H and O–H groups in total. The van der Waals surface area contributed by atoms with E-state index >= 15 is 0 Å². The lowest BCUT2D eigenvalue weighted by Gasteiger charge is -1.97. The average molecular weight is 268 g/mol. The van der Waals surface area contributed by atoms with Gasteiger partial charge in [0.2, 0.25) is 0 Å². The molecule has 0 fully saturated rings. The van der Waals surface area contributed by atoms with Crippen molar-refractivity contribution in [2.45, 2.75) is 13.5 Å². The lowest BCUT2D eigenvalue weighted by atomic mass is 10.2. The maximum absolute atomic E-state index is 11.5. The molecule has 0 saturated heterocycles. The summed E-state index contributed by atoms with van der Waals surface area (Å²) in [7, 11) is 0. The molecular formula is C11H10BrNO2. The first-order valence-electron chi connectivity index (χ1n) is 4.68. The molecule has 3 nitrogen and oxygen atoms in total. The van der Waals surface area contributed by atoms with E-state index < -0.39 is 0 Å². The Bertz CT molecular complexity index is 504. The van der Waals surface area contributed by atoms with Gasteiger partial charge in [-0.2, -0.15) is 0 Å². The van der Waals surface area contributed by atoms with Gasteiger partial charge in [0.25, 0.3) is 0 Å². The molecule has 0 saturated carbocycles. The summed E-state index contributed by atoms with van der Waals surface area (Å²) in [6, 6.07) is 7.77. The molecule has 4 heteroatoms. The first kappa shape index (κ1) is 10.2. The molecule has 0 atom stereocenters. The quantitative estimate of drug-likeness (QED) is 0.837. The van der Waals surface area contributed by atoms with Gasteiger partial charge in [0.1, 0.15) is 0 Å². The number of hydrogen-bond acceptors (Lipinski definition) is 2. The number of aromatic nitrogens is 1. The Hall–Kier alpha value is -1.29. The van der Waals surface area contributed by atoms with Crippen LogP contribution in [0.1, 0.15) is 17.3 Å². The van der Waals surface area contributed by atoms with Crippen LogP contribution in [0.3, 0.4) is 0 Å². The van der Waals surface area contributed by atoms with Crippen LogP contribution in [-0.4, -0.2) is 10.5 Å². The lowest BCUT2D eigenvalue weighted by molar-refractivity contribution is 0.0783. The van der Waals surface area contributed by atoms with Gasteiger partial charge < -0.3 is 8.40 Å². The van der Waals surface area contributed by atoms with Gasteiger partial charge in [-0.3, -0.25) is 0 Å². The minimum absolute atomic E-state index is 0.363. The van der Waals surface area contributed by atoms with E-state index in [-0.39, 0.29) is 5.97 Å². The van der Waals surface area contributed by atoms with E-state index in [1.54, 1.807) is 0 Å². The number of rotatable bonds is 2. The second-order valence-electron chi connectivity index (χ2n) is 3.21. The lowest BCUT2D eigenvalue weighted by Crippen LogP contribution is -1.96. The molecule has 0 spiro atoms. The Morgan fingerprint density at radius 3 is 2.87 bits per heavy atom. The SMILES string of the molecule is CCn1cc(C(=O)OBr)c2ccccc21. The van der Waals surface area contributed by atoms with Crippen LogP contribution in [0, 0.1) is 0 Å². The molecule has 0 aliphatic rings. The van der Waals surface area contributed by atoms with Crippen molar-refractivity contribution in [3.05, 3.63) is 36.0 Å². The number of para-hydroxylation sites is 1. The van der Waals surface area contributed by atoms with Crippen molar-refractivity contribution in [3.63, 3.8) is 0 Å². The molecule has 0 unspecified atom stereocenters. The van der Waals surface area contributed by atoms with Crippen LogP contribution in [0.25, 0.3) is 10.9 Å². The van der Waals surface area contributed by atoms with Gasteiger partial charge in [0.05, 0.1) is 5.56 Å². The first-order valence-corrected chi connectivity index (χ1v) is 5.33. The number of carbonyl (C=O) groups excluding carboxylic acids is 1. The number of aryl methyl sites for hydroxylation is 1. The van der Waals surface area contributed by atoms with Crippen LogP contribution in [-0.2, 0) is 10.4 Å². The predicted molar refractivity (Wildman–Crippen MR) is 62.0 cm³/mol. The van der Waals surface area contributed by atoms with Gasteiger partial charge in [-0.15, -0.1) is 0 Å². The van der Waals surface area contributed by atoms with Gasteiger partial charge in [-0.1, -0.05) is 18.2 Å². The summed E-state index contributed by atoms with van der Waals surface area (Å²) in [6.45, 7) is 2.87. The number of halogens is 1. The van der Waals surface area contributed by atoms with Crippen LogP contribution in [0.2, 0.25) is 0 Å². The maximum atomic E-state index is 11.5. The van der Waals surface area contributed by atoms with E-state index in [0.717, 1.165) is 17.4 Å². The molecule has 1 heterocycles. The van der Waals surface area contributed by atoms with E-state index in [0.29, 0.717) is 5.56 Å². The van der Waals surface area contributed by atoms with Crippen molar-refractivity contribution >= 4 is 33.1 Å². The Labute approximate surface area is 96.1 Å². The highest BCUT2D eigenvalue weighted by molar-refractivity contribution is 9.06. The number of carbonyl (C=O) groups is 1. The number of benzene rings is 1. The molecule has 78 valence electrons. The van der Waals surface area contributed by atoms with Gasteiger partial charge in [0.15, 0.2) is 16.3 Å². The summed E-state index contributed by atoms with van der Waals surface area (Å²) in [5.74, 6) is -0.363. The molecule has 0 bridgehead atoms. The Balaban J connectivity index is 2.70. The van der Waals surface area contributed by atoms with Crippen LogP contribution in [0.15, 0.2) is 30.5 Å². The molecule has 1 aromatic heterocycles. The van der Waals surface area contributed by atoms with Crippen molar-refractivity contribution in [1.82, 2.24) is 4.57 Å². The topological polar surface area (TPSA) is 31.2 Å². The molecule has 1 aromatic carbocycles. The van der Waals surface area contributed by atoms with E-state index in [1.165, 1.54) is 0 Å².